The molecule has 0 radical (unpaired) electrons. The van der Waals surface area contributed by atoms with Crippen LogP contribution in [-0.2, 0) is 9.05 Å². The Kier molecular flexibility index (Phi) is 7.91. The fourth-order valence-electron chi connectivity index (χ4n) is 5.06. The third-order valence-electron chi connectivity index (χ3n) is 7.17. The summed E-state index contributed by atoms with van der Waals surface area (Å²) in [5.41, 5.74) is 5.69. The molecule has 0 aromatic heterocycles. The van der Waals surface area contributed by atoms with Crippen molar-refractivity contribution in [2.24, 2.45) is 0 Å². The molecule has 4 aromatic rings. The molecule has 0 fully saturated rings. The zero-order chi connectivity index (χ0) is 27.9. The number of fused-ring (bicyclic) bond motifs is 2. The topological polar surface area (TPSA) is 53.5 Å². The summed E-state index contributed by atoms with van der Waals surface area (Å²) < 4.78 is 33.9. The van der Waals surface area contributed by atoms with Crippen LogP contribution in [0.4, 0.5) is 17.1 Å². The summed E-state index contributed by atoms with van der Waals surface area (Å²) in [6.07, 6.45) is 0. The van der Waals surface area contributed by atoms with Crippen molar-refractivity contribution in [3.8, 4) is 22.5 Å². The number of para-hydroxylation sites is 2. The number of hydrogen-bond donors (Lipinski definition) is 0. The van der Waals surface area contributed by atoms with E-state index in [0.29, 0.717) is 16.9 Å². The van der Waals surface area contributed by atoms with E-state index in [1.807, 2.05) is 117 Å². The normalized spacial score (nSPS) is 12.2. The van der Waals surface area contributed by atoms with Crippen molar-refractivity contribution in [2.45, 2.75) is 4.90 Å². The molecule has 2 aliphatic rings. The number of benzene rings is 5. The van der Waals surface area contributed by atoms with Gasteiger partial charge in [-0.05, 0) is 36.4 Å². The minimum absolute atomic E-state index is 0. The quantitative estimate of drug-likeness (QED) is 0.164. The first-order valence-electron chi connectivity index (χ1n) is 12.8. The van der Waals surface area contributed by atoms with Gasteiger partial charge < -0.3 is 21.7 Å². The van der Waals surface area contributed by atoms with Gasteiger partial charge in [-0.1, -0.05) is 54.6 Å². The molecule has 1 aliphatic carbocycles. The van der Waals surface area contributed by atoms with Gasteiger partial charge in [0.1, 0.15) is 18.4 Å². The Morgan fingerprint density at radius 2 is 1.39 bits per heavy atom. The van der Waals surface area contributed by atoms with E-state index >= 15 is 0 Å². The predicted octanol–water partition coefficient (Wildman–Crippen LogP) is 4.64. The van der Waals surface area contributed by atoms with E-state index in [0.717, 1.165) is 38.9 Å². The molecule has 0 unspecified atom stereocenters. The molecule has 0 N–H and O–H groups in total. The highest BCUT2D eigenvalue weighted by Gasteiger charge is 2.24. The highest BCUT2D eigenvalue weighted by molar-refractivity contribution is 8.13. The van der Waals surface area contributed by atoms with Crippen LogP contribution in [-0.4, -0.2) is 22.5 Å². The number of anilines is 2. The Morgan fingerprint density at radius 1 is 0.732 bits per heavy atom. The van der Waals surface area contributed by atoms with Gasteiger partial charge in [0.25, 0.3) is 9.05 Å². The van der Waals surface area contributed by atoms with Crippen molar-refractivity contribution in [2.75, 3.05) is 19.0 Å². The lowest BCUT2D eigenvalue weighted by molar-refractivity contribution is -0.0000105. The first-order valence-corrected chi connectivity index (χ1v) is 15.1. The van der Waals surface area contributed by atoms with E-state index in [2.05, 4.69) is 9.48 Å². The fraction of sp³-hybridized carbons (Fsp3) is 0.0606. The lowest BCUT2D eigenvalue weighted by atomic mass is 9.93. The van der Waals surface area contributed by atoms with Crippen molar-refractivity contribution < 1.29 is 25.2 Å². The molecule has 0 saturated heterocycles. The van der Waals surface area contributed by atoms with Crippen LogP contribution < -0.4 is 27.2 Å². The Balaban J connectivity index is 0.00000337. The summed E-state index contributed by atoms with van der Waals surface area (Å²) in [5.74, 6) is 0.629. The molecule has 0 spiro atoms. The minimum atomic E-state index is -4.01. The Morgan fingerprint density at radius 3 is 2.10 bits per heavy atom. The zero-order valence-corrected chi connectivity index (χ0v) is 24.7. The van der Waals surface area contributed by atoms with Crippen LogP contribution in [0.2, 0.25) is 0 Å². The van der Waals surface area contributed by atoms with Crippen molar-refractivity contribution in [3.63, 3.8) is 0 Å². The lowest BCUT2D eigenvalue weighted by Crippen LogP contribution is -3.00. The molecule has 0 amide bonds. The summed E-state index contributed by atoms with van der Waals surface area (Å²) in [6, 6.07) is 38.9. The van der Waals surface area contributed by atoms with Crippen LogP contribution in [0, 0.1) is 0 Å². The monoisotopic (exact) mass is 600 g/mol. The molecule has 0 atom stereocenters. The van der Waals surface area contributed by atoms with E-state index in [4.69, 9.17) is 15.1 Å². The average Bonchev–Trinajstić information content (AvgIpc) is 2.99. The summed E-state index contributed by atoms with van der Waals surface area (Å²) in [7, 11) is 5.91. The summed E-state index contributed by atoms with van der Waals surface area (Å²) >= 11 is 0. The third kappa shape index (κ3) is 5.46. The van der Waals surface area contributed by atoms with Crippen LogP contribution in [0.1, 0.15) is 0 Å². The lowest BCUT2D eigenvalue weighted by Gasteiger charge is -2.21. The SMILES string of the molecule is CN(c1ccccc1)c1ccc2c(-c3ccccc3S(=O)(=O)Cl)c3ccc(=[N+](C)c4ccccc4)cc-3oc2c1.[Cl-]. The van der Waals surface area contributed by atoms with Gasteiger partial charge in [0, 0.05) is 75.4 Å². The van der Waals surface area contributed by atoms with Crippen molar-refractivity contribution >= 4 is 47.8 Å². The second kappa shape index (κ2) is 11.4. The van der Waals surface area contributed by atoms with E-state index in [1.165, 1.54) is 6.07 Å². The Labute approximate surface area is 249 Å². The maximum absolute atomic E-state index is 12.6. The fourth-order valence-corrected chi connectivity index (χ4v) is 6.14. The van der Waals surface area contributed by atoms with Crippen molar-refractivity contribution in [1.82, 2.24) is 4.58 Å². The highest BCUT2D eigenvalue weighted by atomic mass is 35.7. The number of hydrogen-bond acceptors (Lipinski definition) is 4. The van der Waals surface area contributed by atoms with E-state index in [-0.39, 0.29) is 17.3 Å². The van der Waals surface area contributed by atoms with Crippen LogP contribution in [0.3, 0.4) is 0 Å². The largest absolute Gasteiger partial charge is 1.00 e. The first-order chi connectivity index (χ1) is 19.3. The number of nitrogens with zero attached hydrogens (tertiary/aromatic N) is 2. The van der Waals surface area contributed by atoms with Gasteiger partial charge in [-0.3, -0.25) is 0 Å². The van der Waals surface area contributed by atoms with E-state index in [9.17, 15) is 8.42 Å². The second-order valence-corrected chi connectivity index (χ2v) is 12.1. The summed E-state index contributed by atoms with van der Waals surface area (Å²) in [4.78, 5) is 2.14. The third-order valence-corrected chi connectivity index (χ3v) is 8.55. The maximum atomic E-state index is 12.6. The molecular weight excluding hydrogens is 575 g/mol. The van der Waals surface area contributed by atoms with Crippen LogP contribution in [0.25, 0.3) is 33.4 Å². The molecular formula is C33H26Cl2N2O3S. The number of halogens is 2. The van der Waals surface area contributed by atoms with E-state index < -0.39 is 9.05 Å². The molecule has 0 saturated carbocycles. The van der Waals surface area contributed by atoms with Crippen molar-refractivity contribution in [3.05, 3.63) is 127 Å². The highest BCUT2D eigenvalue weighted by Crippen LogP contribution is 2.43. The molecule has 6 rings (SSSR count). The summed E-state index contributed by atoms with van der Waals surface area (Å²) in [6.45, 7) is 0. The zero-order valence-electron chi connectivity index (χ0n) is 22.3. The van der Waals surface area contributed by atoms with Gasteiger partial charge >= 0.3 is 0 Å². The first kappa shape index (κ1) is 28.4. The average molecular weight is 602 g/mol. The van der Waals surface area contributed by atoms with Gasteiger partial charge in [-0.25, -0.2) is 8.42 Å². The standard InChI is InChI=1S/C33H26ClN2O3S.ClH/c1-35(23-11-5-3-6-12-23)25-17-19-27-30(21-25)39-31-22-26(36(2)24-13-7-4-8-14-24)18-20-28(31)33(27)29-15-9-10-16-32(29)40(34,37)38;/h3-22H,1-2H3;1H/q+1;/p-1. The van der Waals surface area contributed by atoms with Crippen molar-refractivity contribution in [1.29, 1.82) is 0 Å². The molecule has 0 bridgehead atoms. The Hall–Kier alpha value is -4.10. The molecule has 4 aromatic carbocycles. The van der Waals surface area contributed by atoms with Crippen LogP contribution >= 0.6 is 10.7 Å². The predicted molar refractivity (Wildman–Crippen MR) is 163 cm³/mol. The minimum Gasteiger partial charge on any atom is -1.00 e. The molecule has 1 aliphatic heterocycles. The van der Waals surface area contributed by atoms with Gasteiger partial charge in [0.2, 0.25) is 11.0 Å². The summed E-state index contributed by atoms with van der Waals surface area (Å²) in [5, 5.41) is 1.72. The molecule has 1 heterocycles. The van der Waals surface area contributed by atoms with Gasteiger partial charge in [0.05, 0.1) is 11.0 Å². The van der Waals surface area contributed by atoms with E-state index in [1.54, 1.807) is 12.1 Å². The molecule has 41 heavy (non-hydrogen) atoms. The Bertz CT molecular complexity index is 2010. The smallest absolute Gasteiger partial charge is 0.261 e. The van der Waals surface area contributed by atoms with Gasteiger partial charge in [-0.15, -0.1) is 0 Å². The number of rotatable bonds is 5. The molecule has 206 valence electrons. The van der Waals surface area contributed by atoms with Crippen LogP contribution in [0.5, 0.6) is 0 Å². The maximum Gasteiger partial charge on any atom is 0.261 e. The van der Waals surface area contributed by atoms with Gasteiger partial charge in [-0.2, -0.15) is 4.58 Å². The molecule has 5 nitrogen and oxygen atoms in total. The van der Waals surface area contributed by atoms with Gasteiger partial charge in [0.15, 0.2) is 0 Å². The van der Waals surface area contributed by atoms with Crippen LogP contribution in [0.15, 0.2) is 131 Å². The second-order valence-electron chi connectivity index (χ2n) is 9.56. The molecule has 8 heteroatoms.